The molecule has 7 heteroatoms. The topological polar surface area (TPSA) is 91.1 Å². The smallest absolute Gasteiger partial charge is 0.240 e. The predicted molar refractivity (Wildman–Crippen MR) is 95.2 cm³/mol. The van der Waals surface area contributed by atoms with Crippen LogP contribution in [-0.2, 0) is 9.53 Å². The molecule has 2 atom stereocenters. The number of anilines is 1. The van der Waals surface area contributed by atoms with Gasteiger partial charge in [-0.3, -0.25) is 4.79 Å². The number of nitrogens with one attached hydrogen (secondary N) is 1. The lowest BCUT2D eigenvalue weighted by molar-refractivity contribution is -0.133. The number of nitrogens with zero attached hydrogens (tertiary/aromatic N) is 4. The van der Waals surface area contributed by atoms with Crippen molar-refractivity contribution in [1.82, 2.24) is 15.5 Å². The average molecular weight is 355 g/mol. The van der Waals surface area contributed by atoms with Gasteiger partial charge in [0.15, 0.2) is 5.82 Å². The summed E-state index contributed by atoms with van der Waals surface area (Å²) in [5.41, 5.74) is -0.0456. The van der Waals surface area contributed by atoms with Gasteiger partial charge in [0.05, 0.1) is 17.8 Å². The molecule has 3 fully saturated rings. The van der Waals surface area contributed by atoms with Crippen LogP contribution in [0.2, 0.25) is 0 Å². The third-order valence-electron chi connectivity index (χ3n) is 6.01. The summed E-state index contributed by atoms with van der Waals surface area (Å²) >= 11 is 0. The van der Waals surface area contributed by atoms with Crippen molar-refractivity contribution in [2.24, 2.45) is 17.3 Å². The molecule has 1 amide bonds. The molecule has 2 aliphatic heterocycles. The van der Waals surface area contributed by atoms with Crippen molar-refractivity contribution in [3.63, 3.8) is 0 Å². The number of hydrogen-bond donors (Lipinski definition) is 1. The van der Waals surface area contributed by atoms with Crippen molar-refractivity contribution in [2.75, 3.05) is 31.2 Å². The van der Waals surface area contributed by atoms with Gasteiger partial charge in [0.1, 0.15) is 5.41 Å². The number of ether oxygens (including phenoxy) is 1. The van der Waals surface area contributed by atoms with E-state index in [1.807, 2.05) is 19.1 Å². The molecule has 138 valence electrons. The molecule has 0 bridgehead atoms. The standard InChI is InChI=1S/C19H25N5O2/c1-13-2-5-17(23-22-13)24-10-15(14-3-4-14)16(11-24)21-18(25)19(12-20)6-8-26-9-7-19/h2,5,14-16H,3-4,6-11H2,1H3,(H,21,25)/t15-,16+/m1/s1. The lowest BCUT2D eigenvalue weighted by Crippen LogP contribution is -2.50. The van der Waals surface area contributed by atoms with Gasteiger partial charge in [-0.15, -0.1) is 5.10 Å². The number of amides is 1. The molecule has 2 saturated heterocycles. The first-order chi connectivity index (χ1) is 12.6. The van der Waals surface area contributed by atoms with E-state index in [2.05, 4.69) is 26.5 Å². The van der Waals surface area contributed by atoms with Crippen LogP contribution in [-0.4, -0.2) is 48.4 Å². The van der Waals surface area contributed by atoms with Crippen molar-refractivity contribution in [2.45, 2.75) is 38.6 Å². The zero-order valence-electron chi connectivity index (χ0n) is 15.1. The van der Waals surface area contributed by atoms with Crippen LogP contribution in [0.3, 0.4) is 0 Å². The third-order valence-corrected chi connectivity index (χ3v) is 6.01. The number of carbonyl (C=O) groups excluding carboxylic acids is 1. The molecule has 0 radical (unpaired) electrons. The molecular weight excluding hydrogens is 330 g/mol. The van der Waals surface area contributed by atoms with Gasteiger partial charge in [0, 0.05) is 32.2 Å². The fourth-order valence-corrected chi connectivity index (χ4v) is 4.15. The Hall–Kier alpha value is -2.20. The van der Waals surface area contributed by atoms with E-state index in [1.54, 1.807) is 0 Å². The van der Waals surface area contributed by atoms with Gasteiger partial charge >= 0.3 is 0 Å². The highest BCUT2D eigenvalue weighted by molar-refractivity contribution is 5.86. The Morgan fingerprint density at radius 2 is 2.08 bits per heavy atom. The van der Waals surface area contributed by atoms with Crippen LogP contribution < -0.4 is 10.2 Å². The highest BCUT2D eigenvalue weighted by Gasteiger charge is 2.47. The minimum Gasteiger partial charge on any atom is -0.381 e. The van der Waals surface area contributed by atoms with Gasteiger partial charge in [0.25, 0.3) is 0 Å². The minimum absolute atomic E-state index is 0.0613. The number of nitriles is 1. The summed E-state index contributed by atoms with van der Waals surface area (Å²) in [6.07, 6.45) is 3.40. The van der Waals surface area contributed by atoms with E-state index in [0.29, 0.717) is 37.9 Å². The molecule has 0 aromatic carbocycles. The second-order valence-electron chi connectivity index (χ2n) is 7.83. The Bertz CT molecular complexity index is 704. The zero-order chi connectivity index (χ0) is 18.1. The Kier molecular flexibility index (Phi) is 4.53. The van der Waals surface area contributed by atoms with E-state index >= 15 is 0 Å². The Labute approximate surface area is 153 Å². The Morgan fingerprint density at radius 3 is 2.69 bits per heavy atom. The van der Waals surface area contributed by atoms with Crippen LogP contribution >= 0.6 is 0 Å². The van der Waals surface area contributed by atoms with Crippen molar-refractivity contribution in [3.8, 4) is 6.07 Å². The first-order valence-electron chi connectivity index (χ1n) is 9.46. The number of aromatic nitrogens is 2. The average Bonchev–Trinajstić information content (AvgIpc) is 3.43. The van der Waals surface area contributed by atoms with E-state index < -0.39 is 5.41 Å². The molecule has 1 aliphatic carbocycles. The first kappa shape index (κ1) is 17.2. The Balaban J connectivity index is 1.48. The second-order valence-corrected chi connectivity index (χ2v) is 7.83. The van der Waals surface area contributed by atoms with E-state index in [9.17, 15) is 10.1 Å². The van der Waals surface area contributed by atoms with Gasteiger partial charge in [-0.25, -0.2) is 0 Å². The SMILES string of the molecule is Cc1ccc(N2C[C@H](NC(=O)C3(C#N)CCOCC3)[C@@H](C3CC3)C2)nn1. The lowest BCUT2D eigenvalue weighted by Gasteiger charge is -2.31. The summed E-state index contributed by atoms with van der Waals surface area (Å²) in [7, 11) is 0. The first-order valence-corrected chi connectivity index (χ1v) is 9.46. The molecule has 1 aromatic heterocycles. The minimum atomic E-state index is -0.941. The van der Waals surface area contributed by atoms with Crippen molar-refractivity contribution < 1.29 is 9.53 Å². The lowest BCUT2D eigenvalue weighted by atomic mass is 9.80. The predicted octanol–water partition coefficient (Wildman–Crippen LogP) is 1.44. The maximum Gasteiger partial charge on any atom is 0.240 e. The van der Waals surface area contributed by atoms with Gasteiger partial charge < -0.3 is 15.0 Å². The fraction of sp³-hybridized carbons (Fsp3) is 0.684. The molecule has 3 aliphatic rings. The monoisotopic (exact) mass is 355 g/mol. The Morgan fingerprint density at radius 1 is 1.31 bits per heavy atom. The van der Waals surface area contributed by atoms with E-state index in [4.69, 9.17) is 4.74 Å². The molecule has 1 N–H and O–H groups in total. The number of aryl methyl sites for hydroxylation is 1. The van der Waals surface area contributed by atoms with Gasteiger partial charge in [-0.1, -0.05) is 0 Å². The molecule has 0 spiro atoms. The van der Waals surface area contributed by atoms with Crippen molar-refractivity contribution >= 4 is 11.7 Å². The zero-order valence-corrected chi connectivity index (χ0v) is 15.1. The van der Waals surface area contributed by atoms with E-state index in [-0.39, 0.29) is 11.9 Å². The van der Waals surface area contributed by atoms with Crippen LogP contribution in [0, 0.1) is 35.5 Å². The van der Waals surface area contributed by atoms with Crippen molar-refractivity contribution in [1.29, 1.82) is 5.26 Å². The highest BCUT2D eigenvalue weighted by atomic mass is 16.5. The maximum absolute atomic E-state index is 12.9. The summed E-state index contributed by atoms with van der Waals surface area (Å²) in [6, 6.07) is 6.29. The summed E-state index contributed by atoms with van der Waals surface area (Å²) < 4.78 is 5.35. The fourth-order valence-electron chi connectivity index (χ4n) is 4.15. The molecule has 7 nitrogen and oxygen atoms in total. The molecule has 0 unspecified atom stereocenters. The largest absolute Gasteiger partial charge is 0.381 e. The quantitative estimate of drug-likeness (QED) is 0.879. The van der Waals surface area contributed by atoms with E-state index in [1.165, 1.54) is 12.8 Å². The molecular formula is C19H25N5O2. The molecule has 1 saturated carbocycles. The second kappa shape index (κ2) is 6.84. The number of rotatable bonds is 4. The van der Waals surface area contributed by atoms with Crippen LogP contribution in [0.15, 0.2) is 12.1 Å². The normalized spacial score (nSPS) is 27.8. The molecule has 4 rings (SSSR count). The number of hydrogen-bond acceptors (Lipinski definition) is 6. The summed E-state index contributed by atoms with van der Waals surface area (Å²) in [5, 5.41) is 21.3. The molecule has 3 heterocycles. The van der Waals surface area contributed by atoms with Gasteiger partial charge in [0.2, 0.25) is 5.91 Å². The highest BCUT2D eigenvalue weighted by Crippen LogP contribution is 2.42. The molecule has 26 heavy (non-hydrogen) atoms. The molecule has 1 aromatic rings. The van der Waals surface area contributed by atoms with Crippen LogP contribution in [0.5, 0.6) is 0 Å². The number of carbonyl (C=O) groups is 1. The summed E-state index contributed by atoms with van der Waals surface area (Å²) in [4.78, 5) is 15.2. The van der Waals surface area contributed by atoms with Crippen LogP contribution in [0.4, 0.5) is 5.82 Å². The van der Waals surface area contributed by atoms with Crippen LogP contribution in [0.1, 0.15) is 31.4 Å². The third kappa shape index (κ3) is 3.26. The van der Waals surface area contributed by atoms with E-state index in [0.717, 1.165) is 24.6 Å². The summed E-state index contributed by atoms with van der Waals surface area (Å²) in [5.74, 6) is 1.81. The maximum atomic E-state index is 12.9. The summed E-state index contributed by atoms with van der Waals surface area (Å²) in [6.45, 7) is 4.48. The van der Waals surface area contributed by atoms with Crippen LogP contribution in [0.25, 0.3) is 0 Å². The van der Waals surface area contributed by atoms with Gasteiger partial charge in [-0.2, -0.15) is 10.4 Å². The van der Waals surface area contributed by atoms with Crippen molar-refractivity contribution in [3.05, 3.63) is 17.8 Å². The van der Waals surface area contributed by atoms with Gasteiger partial charge in [-0.05, 0) is 50.7 Å².